The number of ketones is 1. The first-order chi connectivity index (χ1) is 19.0. The highest BCUT2D eigenvalue weighted by molar-refractivity contribution is 5.85. The number of Topliss-reactive ketones (excluding diaryl/α,β-unsaturated/α-hetero) is 1. The number of hydrogen-bond acceptors (Lipinski definition) is 9. The van der Waals surface area contributed by atoms with Gasteiger partial charge in [-0.2, -0.15) is 0 Å². The lowest BCUT2D eigenvalue weighted by molar-refractivity contribution is -0.313. The van der Waals surface area contributed by atoms with Crippen LogP contribution in [0.2, 0.25) is 0 Å². The van der Waals surface area contributed by atoms with Gasteiger partial charge in [-0.1, -0.05) is 6.92 Å². The predicted octanol–water partition coefficient (Wildman–Crippen LogP) is 2.68. The topological polar surface area (TPSA) is 132 Å². The van der Waals surface area contributed by atoms with E-state index in [0.29, 0.717) is 32.3 Å². The minimum absolute atomic E-state index is 0.0424. The third-order valence-electron chi connectivity index (χ3n) is 12.5. The lowest BCUT2D eigenvalue weighted by Crippen LogP contribution is -2.64. The molecule has 13 unspecified atom stereocenters. The van der Waals surface area contributed by atoms with Gasteiger partial charge in [0, 0.05) is 24.0 Å². The number of cyclic esters (lactones) is 1. The fourth-order valence-corrected chi connectivity index (χ4v) is 10.4. The van der Waals surface area contributed by atoms with Gasteiger partial charge in [0.1, 0.15) is 30.7 Å². The molecule has 6 rings (SSSR count). The van der Waals surface area contributed by atoms with Crippen molar-refractivity contribution in [3.8, 4) is 0 Å². The van der Waals surface area contributed by atoms with E-state index in [1.165, 1.54) is 7.11 Å². The van der Waals surface area contributed by atoms with Crippen LogP contribution in [-0.4, -0.2) is 83.2 Å². The molecule has 2 aliphatic heterocycles. The largest absolute Gasteiger partial charge is 0.458 e. The van der Waals surface area contributed by atoms with Gasteiger partial charge in [0.2, 0.25) is 0 Å². The van der Waals surface area contributed by atoms with Gasteiger partial charge in [0.25, 0.3) is 0 Å². The van der Waals surface area contributed by atoms with Gasteiger partial charge in [-0.15, -0.1) is 0 Å². The highest BCUT2D eigenvalue weighted by Crippen LogP contribution is 2.70. The van der Waals surface area contributed by atoms with Crippen molar-refractivity contribution in [1.29, 1.82) is 0 Å². The molecule has 0 bridgehead atoms. The summed E-state index contributed by atoms with van der Waals surface area (Å²) in [6.45, 7) is 6.00. The second kappa shape index (κ2) is 10.1. The van der Waals surface area contributed by atoms with E-state index in [2.05, 4.69) is 6.92 Å². The van der Waals surface area contributed by atoms with Crippen LogP contribution in [0, 0.1) is 34.5 Å². The van der Waals surface area contributed by atoms with E-state index in [0.717, 1.165) is 37.7 Å². The van der Waals surface area contributed by atoms with Crippen LogP contribution in [0.1, 0.15) is 78.6 Å². The van der Waals surface area contributed by atoms with Crippen LogP contribution in [0.5, 0.6) is 0 Å². The Kier molecular flexibility index (Phi) is 7.28. The Hall–Kier alpha value is -1.36. The fourth-order valence-electron chi connectivity index (χ4n) is 10.4. The van der Waals surface area contributed by atoms with Crippen molar-refractivity contribution in [3.63, 3.8) is 0 Å². The molecule has 0 aromatic rings. The predicted molar refractivity (Wildman–Crippen MR) is 143 cm³/mol. The van der Waals surface area contributed by atoms with E-state index >= 15 is 0 Å². The molecule has 1 saturated heterocycles. The van der Waals surface area contributed by atoms with Crippen LogP contribution >= 0.6 is 0 Å². The zero-order valence-corrected chi connectivity index (χ0v) is 24.2. The molecule has 0 aromatic heterocycles. The summed E-state index contributed by atoms with van der Waals surface area (Å²) in [4.78, 5) is 25.5. The second-order valence-corrected chi connectivity index (χ2v) is 13.8. The van der Waals surface area contributed by atoms with E-state index < -0.39 is 41.7 Å². The number of carbonyl (C=O) groups is 2. The number of carbonyl (C=O) groups excluding carboxylic acids is 2. The smallest absolute Gasteiger partial charge is 0.331 e. The maximum absolute atomic E-state index is 13.6. The molecule has 0 amide bonds. The second-order valence-electron chi connectivity index (χ2n) is 13.8. The van der Waals surface area contributed by atoms with Gasteiger partial charge in [-0.05, 0) is 101 Å². The Balaban J connectivity index is 1.21. The van der Waals surface area contributed by atoms with Crippen molar-refractivity contribution in [2.24, 2.45) is 34.5 Å². The summed E-state index contributed by atoms with van der Waals surface area (Å²) in [5.74, 6) is 0.351. The standard InChI is InChI=1S/C31H46O9/c1-16-25(34)27(37-4)26(35)28(39-16)40-20-7-11-30(17(2)32)19(14-20)5-6-23-22(30)8-10-29(3)21(9-12-31(23,29)36)18-13-24(33)38-15-18/h13,16,19-23,25-28,34-36H,5-12,14-15H2,1-4H3. The molecule has 40 heavy (non-hydrogen) atoms. The monoisotopic (exact) mass is 562 g/mol. The molecule has 0 spiro atoms. The van der Waals surface area contributed by atoms with Crippen LogP contribution in [0.15, 0.2) is 11.6 Å². The Morgan fingerprint density at radius 2 is 1.82 bits per heavy atom. The average molecular weight is 563 g/mol. The minimum Gasteiger partial charge on any atom is -0.458 e. The zero-order valence-electron chi connectivity index (χ0n) is 24.2. The molecular formula is C31H46O9. The molecule has 9 heteroatoms. The van der Waals surface area contributed by atoms with Crippen LogP contribution in [0.3, 0.4) is 0 Å². The molecule has 2 heterocycles. The number of esters is 1. The highest BCUT2D eigenvalue weighted by atomic mass is 16.7. The third-order valence-corrected chi connectivity index (χ3v) is 12.5. The first kappa shape index (κ1) is 28.7. The number of aliphatic hydroxyl groups excluding tert-OH is 2. The molecule has 3 N–H and O–H groups in total. The number of methoxy groups -OCH3 is 1. The molecule has 13 atom stereocenters. The van der Waals surface area contributed by atoms with E-state index in [-0.39, 0.29) is 46.9 Å². The molecular weight excluding hydrogens is 516 g/mol. The first-order valence-corrected chi connectivity index (χ1v) is 15.3. The lowest BCUT2D eigenvalue weighted by Gasteiger charge is -2.63. The average Bonchev–Trinajstić information content (AvgIpc) is 3.46. The summed E-state index contributed by atoms with van der Waals surface area (Å²) in [7, 11) is 1.46. The summed E-state index contributed by atoms with van der Waals surface area (Å²) >= 11 is 0. The van der Waals surface area contributed by atoms with Gasteiger partial charge in [0.05, 0.1) is 17.8 Å². The van der Waals surface area contributed by atoms with Crippen LogP contribution < -0.4 is 0 Å². The Bertz CT molecular complexity index is 1060. The molecule has 0 aromatic carbocycles. The van der Waals surface area contributed by atoms with Crippen molar-refractivity contribution in [2.75, 3.05) is 13.7 Å². The normalized spacial score (nSPS) is 52.3. The van der Waals surface area contributed by atoms with Gasteiger partial charge < -0.3 is 34.3 Å². The molecule has 4 saturated carbocycles. The summed E-state index contributed by atoms with van der Waals surface area (Å²) in [5.41, 5.74) is -0.694. The highest BCUT2D eigenvalue weighted by Gasteiger charge is 2.69. The van der Waals surface area contributed by atoms with E-state index in [1.807, 2.05) is 0 Å². The zero-order chi connectivity index (χ0) is 28.6. The number of fused-ring (bicyclic) bond motifs is 5. The van der Waals surface area contributed by atoms with Gasteiger partial charge in [0.15, 0.2) is 6.29 Å². The number of ether oxygens (including phenoxy) is 4. The van der Waals surface area contributed by atoms with Crippen molar-refractivity contribution >= 4 is 11.8 Å². The SMILES string of the molecule is COC1C(O)C(C)OC(OC2CCC3(C(C)=O)C(CCC4C3CCC3(C)C(C5=CC(=O)OC5)CCC43O)C2)C1O. The summed E-state index contributed by atoms with van der Waals surface area (Å²) < 4.78 is 22.7. The lowest BCUT2D eigenvalue weighted by atomic mass is 9.42. The van der Waals surface area contributed by atoms with Crippen molar-refractivity contribution < 1.29 is 43.9 Å². The van der Waals surface area contributed by atoms with Crippen LogP contribution in [-0.2, 0) is 28.5 Å². The van der Waals surface area contributed by atoms with E-state index in [9.17, 15) is 24.9 Å². The van der Waals surface area contributed by atoms with Crippen molar-refractivity contribution in [1.82, 2.24) is 0 Å². The van der Waals surface area contributed by atoms with Crippen molar-refractivity contribution in [2.45, 2.75) is 121 Å². The first-order valence-electron chi connectivity index (χ1n) is 15.3. The molecule has 4 aliphatic carbocycles. The quantitative estimate of drug-likeness (QED) is 0.342. The Morgan fingerprint density at radius 1 is 1.05 bits per heavy atom. The van der Waals surface area contributed by atoms with Crippen molar-refractivity contribution in [3.05, 3.63) is 11.6 Å². The molecule has 9 nitrogen and oxygen atoms in total. The van der Waals surface area contributed by atoms with Gasteiger partial charge >= 0.3 is 5.97 Å². The van der Waals surface area contributed by atoms with Crippen LogP contribution in [0.25, 0.3) is 0 Å². The number of hydrogen-bond donors (Lipinski definition) is 3. The molecule has 5 fully saturated rings. The molecule has 224 valence electrons. The van der Waals surface area contributed by atoms with E-state index in [1.54, 1.807) is 19.9 Å². The summed E-state index contributed by atoms with van der Waals surface area (Å²) in [5, 5.41) is 33.6. The molecule has 6 aliphatic rings. The minimum atomic E-state index is -1.11. The Morgan fingerprint density at radius 3 is 2.50 bits per heavy atom. The molecule has 0 radical (unpaired) electrons. The summed E-state index contributed by atoms with van der Waals surface area (Å²) in [6, 6.07) is 0. The van der Waals surface area contributed by atoms with Gasteiger partial charge in [-0.3, -0.25) is 4.79 Å². The maximum Gasteiger partial charge on any atom is 0.331 e. The number of aliphatic hydroxyl groups is 3. The van der Waals surface area contributed by atoms with Crippen LogP contribution in [0.4, 0.5) is 0 Å². The number of rotatable bonds is 5. The Labute approximate surface area is 236 Å². The fraction of sp³-hybridized carbons (Fsp3) is 0.871. The van der Waals surface area contributed by atoms with E-state index in [4.69, 9.17) is 18.9 Å². The summed E-state index contributed by atoms with van der Waals surface area (Å²) in [6.07, 6.45) is 4.19. The van der Waals surface area contributed by atoms with Gasteiger partial charge in [-0.25, -0.2) is 4.79 Å². The maximum atomic E-state index is 13.6. The third kappa shape index (κ3) is 4.02.